The van der Waals surface area contributed by atoms with E-state index in [4.69, 9.17) is 0 Å². The van der Waals surface area contributed by atoms with Gasteiger partial charge in [-0.2, -0.15) is 5.26 Å². The lowest BCUT2D eigenvalue weighted by Crippen LogP contribution is -2.26. The molecule has 1 amide bonds. The average Bonchev–Trinajstić information content (AvgIpc) is 2.91. The summed E-state index contributed by atoms with van der Waals surface area (Å²) in [6.07, 6.45) is 1.72. The number of nitriles is 1. The van der Waals surface area contributed by atoms with Crippen LogP contribution in [0.25, 0.3) is 10.9 Å². The number of carbonyl (C=O) groups excluding carboxylic acids is 1. The molecule has 5 heteroatoms. The van der Waals surface area contributed by atoms with Crippen molar-refractivity contribution in [3.8, 4) is 6.07 Å². The molecule has 0 bridgehead atoms. The van der Waals surface area contributed by atoms with E-state index in [1.54, 1.807) is 10.8 Å². The minimum absolute atomic E-state index is 0.0850. The summed E-state index contributed by atoms with van der Waals surface area (Å²) >= 11 is 3.41. The number of halogens is 1. The van der Waals surface area contributed by atoms with Crippen LogP contribution in [0.4, 0.5) is 0 Å². The van der Waals surface area contributed by atoms with E-state index in [2.05, 4.69) is 27.3 Å². The highest BCUT2D eigenvalue weighted by atomic mass is 79.9. The Hall–Kier alpha value is -2.58. The predicted molar refractivity (Wildman–Crippen MR) is 92.6 cm³/mol. The van der Waals surface area contributed by atoms with Gasteiger partial charge in [-0.25, -0.2) is 0 Å². The fourth-order valence-corrected chi connectivity index (χ4v) is 2.86. The topological polar surface area (TPSA) is 57.8 Å². The van der Waals surface area contributed by atoms with Crippen molar-refractivity contribution >= 4 is 32.7 Å². The second kappa shape index (κ2) is 6.67. The molecule has 3 rings (SSSR count). The van der Waals surface area contributed by atoms with Crippen LogP contribution in [0.15, 0.2) is 59.2 Å². The van der Waals surface area contributed by atoms with Crippen LogP contribution >= 0.6 is 15.9 Å². The second-order valence-corrected chi connectivity index (χ2v) is 6.12. The van der Waals surface area contributed by atoms with Gasteiger partial charge in [0.2, 0.25) is 5.91 Å². The summed E-state index contributed by atoms with van der Waals surface area (Å²) in [4.78, 5) is 12.2. The van der Waals surface area contributed by atoms with Gasteiger partial charge in [0, 0.05) is 28.1 Å². The molecule has 0 unspecified atom stereocenters. The summed E-state index contributed by atoms with van der Waals surface area (Å²) in [7, 11) is 0. The highest BCUT2D eigenvalue weighted by molar-refractivity contribution is 9.10. The van der Waals surface area contributed by atoms with Gasteiger partial charge in [0.1, 0.15) is 12.6 Å². The van der Waals surface area contributed by atoms with Gasteiger partial charge >= 0.3 is 0 Å². The van der Waals surface area contributed by atoms with Crippen molar-refractivity contribution in [2.24, 2.45) is 0 Å². The van der Waals surface area contributed by atoms with Crippen molar-refractivity contribution in [3.05, 3.63) is 70.3 Å². The number of hydrogen-bond acceptors (Lipinski definition) is 2. The van der Waals surface area contributed by atoms with Crippen molar-refractivity contribution in [3.63, 3.8) is 0 Å². The molecular formula is C18H14BrN3O. The highest BCUT2D eigenvalue weighted by Crippen LogP contribution is 2.24. The molecule has 4 nitrogen and oxygen atoms in total. The zero-order chi connectivity index (χ0) is 16.2. The zero-order valence-corrected chi connectivity index (χ0v) is 13.9. The summed E-state index contributed by atoms with van der Waals surface area (Å²) in [5, 5.41) is 13.0. The van der Waals surface area contributed by atoms with Crippen LogP contribution < -0.4 is 5.32 Å². The fraction of sp³-hybridized carbons (Fsp3) is 0.111. The lowest BCUT2D eigenvalue weighted by atomic mass is 10.2. The Morgan fingerprint density at radius 3 is 2.74 bits per heavy atom. The Kier molecular flexibility index (Phi) is 4.45. The highest BCUT2D eigenvalue weighted by Gasteiger charge is 2.11. The van der Waals surface area contributed by atoms with Crippen molar-refractivity contribution in [2.75, 3.05) is 0 Å². The van der Waals surface area contributed by atoms with Crippen LogP contribution in [0.3, 0.4) is 0 Å². The normalized spacial score (nSPS) is 10.4. The first-order valence-electron chi connectivity index (χ1n) is 7.16. The summed E-state index contributed by atoms with van der Waals surface area (Å²) in [5.74, 6) is -0.0850. The third-order valence-corrected chi connectivity index (χ3v) is 4.10. The quantitative estimate of drug-likeness (QED) is 0.765. The van der Waals surface area contributed by atoms with Gasteiger partial charge in [0.05, 0.1) is 5.56 Å². The van der Waals surface area contributed by atoms with Crippen molar-refractivity contribution < 1.29 is 4.79 Å². The number of nitrogens with one attached hydrogen (secondary N) is 1. The van der Waals surface area contributed by atoms with Crippen molar-refractivity contribution in [1.29, 1.82) is 5.26 Å². The van der Waals surface area contributed by atoms with E-state index in [1.807, 2.05) is 48.5 Å². The molecule has 1 heterocycles. The Labute approximate surface area is 142 Å². The number of carbonyl (C=O) groups is 1. The number of hydrogen-bond donors (Lipinski definition) is 1. The molecule has 0 atom stereocenters. The molecule has 0 aliphatic rings. The third-order valence-electron chi connectivity index (χ3n) is 3.61. The first-order chi connectivity index (χ1) is 11.2. The van der Waals surface area contributed by atoms with E-state index >= 15 is 0 Å². The number of rotatable bonds is 4. The largest absolute Gasteiger partial charge is 0.350 e. The van der Waals surface area contributed by atoms with Gasteiger partial charge in [-0.15, -0.1) is 0 Å². The summed E-state index contributed by atoms with van der Waals surface area (Å²) < 4.78 is 2.72. The molecule has 1 N–H and O–H groups in total. The molecule has 114 valence electrons. The maximum Gasteiger partial charge on any atom is 0.240 e. The Morgan fingerprint density at radius 1 is 1.22 bits per heavy atom. The standard InChI is InChI=1S/C18H14BrN3O/c19-15-6-7-17-16(8-15)14(9-20)11-22(17)12-18(23)21-10-13-4-2-1-3-5-13/h1-8,11H,10,12H2,(H,21,23). The van der Waals surface area contributed by atoms with Gasteiger partial charge in [-0.1, -0.05) is 46.3 Å². The van der Waals surface area contributed by atoms with E-state index in [1.165, 1.54) is 0 Å². The van der Waals surface area contributed by atoms with Gasteiger partial charge in [0.15, 0.2) is 0 Å². The van der Waals surface area contributed by atoms with Gasteiger partial charge in [-0.05, 0) is 23.8 Å². The van der Waals surface area contributed by atoms with E-state index < -0.39 is 0 Å². The van der Waals surface area contributed by atoms with E-state index in [-0.39, 0.29) is 12.5 Å². The maximum absolute atomic E-state index is 12.2. The number of nitrogens with zero attached hydrogens (tertiary/aromatic N) is 2. The number of benzene rings is 2. The van der Waals surface area contributed by atoms with Crippen LogP contribution in [0.2, 0.25) is 0 Å². The lowest BCUT2D eigenvalue weighted by molar-refractivity contribution is -0.121. The molecule has 0 aliphatic heterocycles. The smallest absolute Gasteiger partial charge is 0.240 e. The fourth-order valence-electron chi connectivity index (χ4n) is 2.50. The summed E-state index contributed by atoms with van der Waals surface area (Å²) in [6.45, 7) is 0.683. The average molecular weight is 368 g/mol. The molecule has 0 saturated carbocycles. The van der Waals surface area contributed by atoms with Crippen molar-refractivity contribution in [2.45, 2.75) is 13.1 Å². The first kappa shape index (κ1) is 15.3. The molecule has 1 aromatic heterocycles. The van der Waals surface area contributed by atoms with Crippen LogP contribution in [-0.2, 0) is 17.9 Å². The van der Waals surface area contributed by atoms with E-state index in [0.29, 0.717) is 12.1 Å². The van der Waals surface area contributed by atoms with Gasteiger partial charge < -0.3 is 9.88 Å². The molecule has 2 aromatic carbocycles. The number of amides is 1. The Bertz CT molecular complexity index is 894. The third kappa shape index (κ3) is 3.43. The first-order valence-corrected chi connectivity index (χ1v) is 7.96. The molecule has 23 heavy (non-hydrogen) atoms. The van der Waals surface area contributed by atoms with Gasteiger partial charge in [-0.3, -0.25) is 4.79 Å². The molecule has 0 fully saturated rings. The monoisotopic (exact) mass is 367 g/mol. The van der Waals surface area contributed by atoms with Crippen LogP contribution in [-0.4, -0.2) is 10.5 Å². The molecule has 0 saturated heterocycles. The summed E-state index contributed by atoms with van der Waals surface area (Å²) in [6, 6.07) is 17.6. The zero-order valence-electron chi connectivity index (χ0n) is 12.3. The van der Waals surface area contributed by atoms with Crippen LogP contribution in [0.1, 0.15) is 11.1 Å². The predicted octanol–water partition coefficient (Wildman–Crippen LogP) is 3.59. The maximum atomic E-state index is 12.2. The molecule has 0 radical (unpaired) electrons. The van der Waals surface area contributed by atoms with E-state index in [0.717, 1.165) is 20.9 Å². The Morgan fingerprint density at radius 2 is 2.00 bits per heavy atom. The van der Waals surface area contributed by atoms with Crippen molar-refractivity contribution in [1.82, 2.24) is 9.88 Å². The Balaban J connectivity index is 1.76. The summed E-state index contributed by atoms with van der Waals surface area (Å²) in [5.41, 5.74) is 2.50. The molecule has 0 aliphatic carbocycles. The lowest BCUT2D eigenvalue weighted by Gasteiger charge is -2.07. The number of aromatic nitrogens is 1. The van der Waals surface area contributed by atoms with Crippen LogP contribution in [0.5, 0.6) is 0 Å². The minimum atomic E-state index is -0.0850. The van der Waals surface area contributed by atoms with Crippen LogP contribution in [0, 0.1) is 11.3 Å². The number of fused-ring (bicyclic) bond motifs is 1. The van der Waals surface area contributed by atoms with Gasteiger partial charge in [0.25, 0.3) is 0 Å². The minimum Gasteiger partial charge on any atom is -0.350 e. The molecule has 3 aromatic rings. The SMILES string of the molecule is N#Cc1cn(CC(=O)NCc2ccccc2)c2ccc(Br)cc12. The molecule has 0 spiro atoms. The van der Waals surface area contributed by atoms with E-state index in [9.17, 15) is 10.1 Å². The second-order valence-electron chi connectivity index (χ2n) is 5.21. The molecular weight excluding hydrogens is 354 g/mol.